The molecule has 0 atom stereocenters. The number of rotatable bonds is 13. The van der Waals surface area contributed by atoms with E-state index in [1.807, 2.05) is 36.5 Å². The van der Waals surface area contributed by atoms with Crippen LogP contribution in [0, 0.1) is 0 Å². The van der Waals surface area contributed by atoms with E-state index in [0.717, 1.165) is 129 Å². The van der Waals surface area contributed by atoms with Crippen molar-refractivity contribution in [2.75, 3.05) is 0 Å². The fourth-order valence-corrected chi connectivity index (χ4v) is 19.6. The predicted octanol–water partition coefficient (Wildman–Crippen LogP) is 32.1. The lowest BCUT2D eigenvalue weighted by atomic mass is 9.86. The van der Waals surface area contributed by atoms with Gasteiger partial charge in [0.05, 0.1) is 39.9 Å². The first-order valence-corrected chi connectivity index (χ1v) is 44.9. The number of aromatic nitrogens is 8. The number of fused-ring (bicyclic) bond motifs is 9. The van der Waals surface area contributed by atoms with Gasteiger partial charge in [-0.3, -0.25) is 4.98 Å². The molecule has 25 rings (SSSR count). The van der Waals surface area contributed by atoms with Crippen LogP contribution < -0.4 is 0 Å². The summed E-state index contributed by atoms with van der Waals surface area (Å²) in [7, 11) is 0. The summed E-state index contributed by atoms with van der Waals surface area (Å²) in [5.74, 6) is 1.92. The molecule has 132 heavy (non-hydrogen) atoms. The van der Waals surface area contributed by atoms with Gasteiger partial charge < -0.3 is 8.83 Å². The molecular weight excluding hydrogens is 1610 g/mol. The van der Waals surface area contributed by atoms with Crippen molar-refractivity contribution in [3.63, 3.8) is 0 Å². The molecule has 3 aliphatic rings. The van der Waals surface area contributed by atoms with Crippen LogP contribution in [0.5, 0.6) is 0 Å². The lowest BCUT2D eigenvalue weighted by molar-refractivity contribution is 0.582. The average molecular weight is 1700 g/mol. The monoisotopic (exact) mass is 1690 g/mol. The van der Waals surface area contributed by atoms with Crippen molar-refractivity contribution in [3.05, 3.63) is 424 Å². The number of hydrogen-bond donors (Lipinski definition) is 0. The zero-order valence-corrected chi connectivity index (χ0v) is 73.7. The number of benzene rings is 16. The maximum Gasteiger partial charge on any atom is 0.248 e. The molecule has 22 aromatic rings. The van der Waals surface area contributed by atoms with Gasteiger partial charge in [-0.1, -0.05) is 393 Å². The Labute approximate surface area is 766 Å². The van der Waals surface area contributed by atoms with Gasteiger partial charge in [0, 0.05) is 106 Å². The summed E-state index contributed by atoms with van der Waals surface area (Å²) < 4.78 is 12.7. The van der Waals surface area contributed by atoms with E-state index < -0.39 is 0 Å². The summed E-state index contributed by atoms with van der Waals surface area (Å²) in [5, 5.41) is 25.6. The van der Waals surface area contributed by atoms with Gasteiger partial charge in [0.25, 0.3) is 0 Å². The fourth-order valence-electron chi connectivity index (χ4n) is 19.6. The van der Waals surface area contributed by atoms with E-state index in [9.17, 15) is 0 Å². The number of pyridine rings is 4. The van der Waals surface area contributed by atoms with E-state index in [2.05, 4.69) is 438 Å². The second kappa shape index (κ2) is 32.8. The van der Waals surface area contributed by atoms with Gasteiger partial charge in [0.15, 0.2) is 0 Å². The molecule has 0 unspecified atom stereocenters. The van der Waals surface area contributed by atoms with E-state index in [1.165, 1.54) is 105 Å². The minimum Gasteiger partial charge on any atom is -0.416 e. The van der Waals surface area contributed by atoms with Crippen LogP contribution >= 0.6 is 0 Å². The van der Waals surface area contributed by atoms with E-state index in [1.54, 1.807) is 0 Å². The SMILES string of the molecule is CC(C)(C)c1ccc(-c2nnc(-c3cccc(-c4nc(-c5ccccc5)c5c(c4-c4ccccc4)-c4cccc6cccc-5c46)c3)o2)cc1.CC(C)(C)c1ccc(-c2nnc(-c3ccccc3-c3nc(-c4ccccc4)c4c(c3-c3ccccc3)-c3cccc5cccc-4c35)o2)cc1.c1ccc(-c2nc(-c3ccccn3)c(-c3ccccc3)c3c2-c2cccc4cccc-3c24)cc1. The lowest BCUT2D eigenvalue weighted by Gasteiger charge is -2.20. The van der Waals surface area contributed by atoms with Crippen LogP contribution in [-0.4, -0.2) is 40.3 Å². The zero-order chi connectivity index (χ0) is 88.7. The zero-order valence-electron chi connectivity index (χ0n) is 73.7. The van der Waals surface area contributed by atoms with Crippen LogP contribution in [0.1, 0.15) is 52.7 Å². The highest BCUT2D eigenvalue weighted by atomic mass is 16.4. The fraction of sp³-hybridized carbons (Fsp3) is 0.0656. The van der Waals surface area contributed by atoms with Crippen molar-refractivity contribution in [3.8, 4) is 214 Å². The van der Waals surface area contributed by atoms with Crippen LogP contribution in [0.15, 0.2) is 421 Å². The van der Waals surface area contributed by atoms with E-state index in [0.29, 0.717) is 23.6 Å². The van der Waals surface area contributed by atoms with Gasteiger partial charge in [-0.25, -0.2) is 15.0 Å². The molecule has 10 nitrogen and oxygen atoms in total. The third kappa shape index (κ3) is 14.1. The molecule has 10 heteroatoms. The summed E-state index contributed by atoms with van der Waals surface area (Å²) in [6.07, 6.45) is 1.84. The van der Waals surface area contributed by atoms with Crippen molar-refractivity contribution in [2.45, 2.75) is 52.4 Å². The quantitative estimate of drug-likeness (QED) is 0.110. The molecule has 3 aliphatic carbocycles. The highest BCUT2D eigenvalue weighted by molar-refractivity contribution is 6.25. The van der Waals surface area contributed by atoms with Gasteiger partial charge in [0.1, 0.15) is 0 Å². The van der Waals surface area contributed by atoms with Gasteiger partial charge in [0.2, 0.25) is 23.6 Å². The molecule has 0 amide bonds. The predicted molar refractivity (Wildman–Crippen MR) is 540 cm³/mol. The Kier molecular flexibility index (Phi) is 19.8. The minimum atomic E-state index is 0.0578. The van der Waals surface area contributed by atoms with Crippen molar-refractivity contribution in [1.82, 2.24) is 40.3 Å². The third-order valence-corrected chi connectivity index (χ3v) is 25.8. The third-order valence-electron chi connectivity index (χ3n) is 25.8. The lowest BCUT2D eigenvalue weighted by Crippen LogP contribution is -2.10. The molecule has 0 spiro atoms. The van der Waals surface area contributed by atoms with E-state index >= 15 is 0 Å². The Morgan fingerprint density at radius 3 is 0.856 bits per heavy atom. The highest BCUT2D eigenvalue weighted by Crippen LogP contribution is 2.61. The van der Waals surface area contributed by atoms with Crippen molar-refractivity contribution in [1.29, 1.82) is 0 Å². The molecule has 16 aromatic carbocycles. The van der Waals surface area contributed by atoms with Crippen LogP contribution in [0.4, 0.5) is 0 Å². The Bertz CT molecular complexity index is 8200. The Balaban J connectivity index is 0.000000114. The molecule has 6 aromatic heterocycles. The van der Waals surface area contributed by atoms with Crippen molar-refractivity contribution >= 4 is 32.3 Å². The molecule has 6 heterocycles. The second-order valence-corrected chi connectivity index (χ2v) is 35.9. The average Bonchev–Trinajstić information content (AvgIpc) is 1.56. The van der Waals surface area contributed by atoms with E-state index in [-0.39, 0.29) is 10.8 Å². The molecule has 0 N–H and O–H groups in total. The van der Waals surface area contributed by atoms with Crippen LogP contribution in [0.3, 0.4) is 0 Å². The molecule has 0 fully saturated rings. The molecule has 0 aliphatic heterocycles. The second-order valence-electron chi connectivity index (χ2n) is 35.9. The first-order valence-electron chi connectivity index (χ1n) is 44.9. The van der Waals surface area contributed by atoms with Crippen molar-refractivity contribution < 1.29 is 8.83 Å². The first kappa shape index (κ1) is 79.8. The van der Waals surface area contributed by atoms with Gasteiger partial charge in [-0.15, -0.1) is 20.4 Å². The summed E-state index contributed by atoms with van der Waals surface area (Å²) in [4.78, 5) is 21.3. The molecule has 0 saturated heterocycles. The van der Waals surface area contributed by atoms with Gasteiger partial charge in [-0.05, 0) is 159 Å². The van der Waals surface area contributed by atoms with Gasteiger partial charge in [-0.2, -0.15) is 0 Å². The Hall–Kier alpha value is -16.8. The van der Waals surface area contributed by atoms with Crippen LogP contribution in [0.2, 0.25) is 0 Å². The smallest absolute Gasteiger partial charge is 0.248 e. The Morgan fingerprint density at radius 1 is 0.189 bits per heavy atom. The highest BCUT2D eigenvalue weighted by Gasteiger charge is 2.37. The molecular formula is C122H86N8O2. The maximum absolute atomic E-state index is 6.44. The molecule has 0 saturated carbocycles. The largest absolute Gasteiger partial charge is 0.416 e. The summed E-state index contributed by atoms with van der Waals surface area (Å²) in [6.45, 7) is 13.3. The minimum absolute atomic E-state index is 0.0578. The topological polar surface area (TPSA) is 129 Å². The van der Waals surface area contributed by atoms with Crippen LogP contribution in [-0.2, 0) is 10.8 Å². The number of hydrogen-bond acceptors (Lipinski definition) is 10. The van der Waals surface area contributed by atoms with E-state index in [4.69, 9.17) is 28.8 Å². The van der Waals surface area contributed by atoms with Crippen LogP contribution in [0.25, 0.3) is 246 Å². The standard InChI is InChI=1S/2C45H33N3O.C32H20N2/c1-45(2,3)34-25-23-31(24-26-34)43-47-48-44(49-43)33-20-10-19-32(27-33)42-38(29-13-6-4-7-14-29)39-35-21-11-17-28-18-12-22-36(37(28)35)40(39)41(46-42)30-15-8-5-9-16-30;1-45(2,3)32-26-24-31(25-27-32)43-47-48-44(49-43)34-21-11-10-20-33(34)42-38(29-14-6-4-7-15-29)39-35-22-12-18-28-19-13-23-36(37(28)35)40(39)41(46-42)30-16-8-5-9-17-30;1-3-11-22(12-4-1)28-29-24-17-9-15-21-16-10-18-25(27(21)24)30(29)31(23-13-5-2-6-14-23)34-32(28)26-19-7-8-20-33-26/h2*4-27H,1-3H3;1-20H. The van der Waals surface area contributed by atoms with Crippen molar-refractivity contribution in [2.24, 2.45) is 0 Å². The maximum atomic E-state index is 6.44. The molecule has 626 valence electrons. The normalized spacial score (nSPS) is 11.9. The molecule has 0 radical (unpaired) electrons. The molecule has 0 bridgehead atoms. The Morgan fingerprint density at radius 2 is 0.470 bits per heavy atom. The number of nitrogens with zero attached hydrogens (tertiary/aromatic N) is 8. The first-order chi connectivity index (χ1) is 64.8. The summed E-state index contributed by atoms with van der Waals surface area (Å²) >= 11 is 0. The van der Waals surface area contributed by atoms with Gasteiger partial charge >= 0.3 is 0 Å². The summed E-state index contributed by atoms with van der Waals surface area (Å²) in [5.41, 5.74) is 39.1. The summed E-state index contributed by atoms with van der Waals surface area (Å²) in [6, 6.07) is 142.